The smallest absolute Gasteiger partial charge is 0.224 e. The van der Waals surface area contributed by atoms with Crippen molar-refractivity contribution in [2.75, 3.05) is 40.5 Å². The van der Waals surface area contributed by atoms with E-state index in [9.17, 15) is 4.79 Å². The summed E-state index contributed by atoms with van der Waals surface area (Å²) in [4.78, 5) is 19.2. The van der Waals surface area contributed by atoms with Gasteiger partial charge in [0.15, 0.2) is 0 Å². The average molecular weight is 333 g/mol. The topological polar surface area (TPSA) is 63.7 Å². The fraction of sp³-hybridized carbons (Fsp3) is 0.667. The molecule has 0 radical (unpaired) electrons. The molecule has 1 spiro atoms. The van der Waals surface area contributed by atoms with Crippen molar-refractivity contribution >= 4 is 5.91 Å². The van der Waals surface area contributed by atoms with Crippen LogP contribution in [0.2, 0.25) is 0 Å². The maximum atomic E-state index is 12.4. The molecule has 1 aromatic rings. The molecule has 1 aromatic heterocycles. The molecule has 24 heavy (non-hydrogen) atoms. The van der Waals surface area contributed by atoms with Crippen LogP contribution in [0.1, 0.15) is 24.0 Å². The summed E-state index contributed by atoms with van der Waals surface area (Å²) < 4.78 is 10.8. The normalized spacial score (nSPS) is 23.4. The number of aryl methyl sites for hydroxylation is 1. The zero-order chi connectivity index (χ0) is 17.2. The van der Waals surface area contributed by atoms with Crippen molar-refractivity contribution in [2.24, 2.45) is 11.3 Å². The average Bonchev–Trinajstić information content (AvgIpc) is 2.92. The molecule has 1 unspecified atom stereocenters. The molecular formula is C18H27N3O3. The van der Waals surface area contributed by atoms with Crippen molar-refractivity contribution in [1.82, 2.24) is 15.2 Å². The minimum absolute atomic E-state index is 0.0405. The van der Waals surface area contributed by atoms with E-state index in [1.165, 1.54) is 0 Å². The second-order valence-corrected chi connectivity index (χ2v) is 6.98. The van der Waals surface area contributed by atoms with Gasteiger partial charge in [-0.2, -0.15) is 0 Å². The Morgan fingerprint density at radius 2 is 2.25 bits per heavy atom. The second-order valence-electron chi connectivity index (χ2n) is 6.98. The number of aromatic nitrogens is 1. The highest BCUT2D eigenvalue weighted by Gasteiger charge is 2.50. The first kappa shape index (κ1) is 17.2. The van der Waals surface area contributed by atoms with Gasteiger partial charge in [-0.25, -0.2) is 4.98 Å². The summed E-state index contributed by atoms with van der Waals surface area (Å²) in [6, 6.07) is 2.12. The molecule has 0 saturated carbocycles. The highest BCUT2D eigenvalue weighted by atomic mass is 16.5. The van der Waals surface area contributed by atoms with Gasteiger partial charge >= 0.3 is 0 Å². The van der Waals surface area contributed by atoms with Crippen molar-refractivity contribution < 1.29 is 14.3 Å². The van der Waals surface area contributed by atoms with Crippen molar-refractivity contribution in [2.45, 2.75) is 26.3 Å². The number of ether oxygens (including phenoxy) is 2. The van der Waals surface area contributed by atoms with Crippen LogP contribution in [-0.2, 0) is 16.1 Å². The Hall–Kier alpha value is -1.66. The number of hydrogen-bond donors (Lipinski definition) is 1. The summed E-state index contributed by atoms with van der Waals surface area (Å²) in [6.07, 6.45) is 3.79. The van der Waals surface area contributed by atoms with Crippen LogP contribution in [0.3, 0.4) is 0 Å². The molecule has 6 heteroatoms. The van der Waals surface area contributed by atoms with Crippen LogP contribution < -0.4 is 10.1 Å². The van der Waals surface area contributed by atoms with E-state index < -0.39 is 0 Å². The number of carbonyl (C=O) groups is 1. The third-order valence-electron chi connectivity index (χ3n) is 5.46. The summed E-state index contributed by atoms with van der Waals surface area (Å²) in [6.45, 7) is 6.07. The summed E-state index contributed by atoms with van der Waals surface area (Å²) >= 11 is 0. The lowest BCUT2D eigenvalue weighted by Crippen LogP contribution is -2.43. The van der Waals surface area contributed by atoms with Crippen molar-refractivity contribution in [3.63, 3.8) is 0 Å². The number of nitrogens with one attached hydrogen (secondary N) is 1. The van der Waals surface area contributed by atoms with E-state index in [1.807, 2.05) is 13.1 Å². The predicted octanol–water partition coefficient (Wildman–Crippen LogP) is 1.37. The molecule has 0 aliphatic carbocycles. The van der Waals surface area contributed by atoms with Gasteiger partial charge in [-0.3, -0.25) is 9.69 Å². The molecule has 1 atom stereocenters. The lowest BCUT2D eigenvalue weighted by Gasteiger charge is -2.37. The zero-order valence-electron chi connectivity index (χ0n) is 14.8. The zero-order valence-corrected chi connectivity index (χ0v) is 14.8. The van der Waals surface area contributed by atoms with Crippen LogP contribution >= 0.6 is 0 Å². The lowest BCUT2D eigenvalue weighted by molar-refractivity contribution is -0.129. The molecule has 0 bridgehead atoms. The van der Waals surface area contributed by atoms with Crippen LogP contribution in [0, 0.1) is 18.3 Å². The van der Waals surface area contributed by atoms with Crippen LogP contribution in [0.5, 0.6) is 5.88 Å². The van der Waals surface area contributed by atoms with Gasteiger partial charge in [0.25, 0.3) is 0 Å². The van der Waals surface area contributed by atoms with Crippen LogP contribution in [0.4, 0.5) is 0 Å². The molecule has 3 rings (SSSR count). The van der Waals surface area contributed by atoms with E-state index in [0.717, 1.165) is 56.8 Å². The van der Waals surface area contributed by atoms with Crippen LogP contribution in [0.15, 0.2) is 12.3 Å². The SMILES string of the molecule is CNC(=O)C1CN(Cc2cnc(OC)c(C)c2)CC12CCOCC2. The van der Waals surface area contributed by atoms with Gasteiger partial charge in [0.05, 0.1) is 13.0 Å². The molecule has 2 saturated heterocycles. The molecule has 6 nitrogen and oxygen atoms in total. The predicted molar refractivity (Wildman–Crippen MR) is 90.8 cm³/mol. The molecular weight excluding hydrogens is 306 g/mol. The summed E-state index contributed by atoms with van der Waals surface area (Å²) in [5.74, 6) is 0.867. The number of hydrogen-bond acceptors (Lipinski definition) is 5. The minimum atomic E-state index is 0.0405. The van der Waals surface area contributed by atoms with Crippen molar-refractivity contribution in [1.29, 1.82) is 0 Å². The van der Waals surface area contributed by atoms with Crippen LogP contribution in [-0.4, -0.2) is 56.3 Å². The number of methoxy groups -OCH3 is 1. The Morgan fingerprint density at radius 3 is 2.88 bits per heavy atom. The van der Waals surface area contributed by atoms with Gasteiger partial charge in [0.1, 0.15) is 0 Å². The highest BCUT2D eigenvalue weighted by molar-refractivity contribution is 5.80. The van der Waals surface area contributed by atoms with E-state index in [1.54, 1.807) is 14.2 Å². The maximum absolute atomic E-state index is 12.4. The molecule has 3 heterocycles. The standard InChI is InChI=1S/C18H27N3O3/c1-13-8-14(9-20-17(13)23-3)10-21-11-15(16(22)19-2)18(12-21)4-6-24-7-5-18/h8-9,15H,4-7,10-12H2,1-3H3,(H,19,22). The van der Waals surface area contributed by atoms with Gasteiger partial charge in [0.2, 0.25) is 11.8 Å². The van der Waals surface area contributed by atoms with Crippen molar-refractivity contribution in [3.8, 4) is 5.88 Å². The van der Waals surface area contributed by atoms with Gasteiger partial charge in [-0.15, -0.1) is 0 Å². The number of likely N-dealkylation sites (tertiary alicyclic amines) is 1. The van der Waals surface area contributed by atoms with Crippen molar-refractivity contribution in [3.05, 3.63) is 23.4 Å². The Labute approximate surface area is 143 Å². The van der Waals surface area contributed by atoms with Gasteiger partial charge in [-0.1, -0.05) is 0 Å². The largest absolute Gasteiger partial charge is 0.481 e. The van der Waals surface area contributed by atoms with Gasteiger partial charge in [0, 0.05) is 57.1 Å². The second kappa shape index (κ2) is 7.07. The first-order chi connectivity index (χ1) is 11.6. The fourth-order valence-corrected chi connectivity index (χ4v) is 4.19. The summed E-state index contributed by atoms with van der Waals surface area (Å²) in [5, 5.41) is 2.85. The third kappa shape index (κ3) is 3.26. The quantitative estimate of drug-likeness (QED) is 0.902. The summed E-state index contributed by atoms with van der Waals surface area (Å²) in [5.41, 5.74) is 2.25. The first-order valence-corrected chi connectivity index (χ1v) is 8.59. The summed E-state index contributed by atoms with van der Waals surface area (Å²) in [7, 11) is 3.37. The highest BCUT2D eigenvalue weighted by Crippen LogP contribution is 2.44. The Morgan fingerprint density at radius 1 is 1.50 bits per heavy atom. The molecule has 0 aromatic carbocycles. The molecule has 2 fully saturated rings. The monoisotopic (exact) mass is 333 g/mol. The van der Waals surface area contributed by atoms with Crippen LogP contribution in [0.25, 0.3) is 0 Å². The van der Waals surface area contributed by atoms with Gasteiger partial charge in [-0.05, 0) is 31.4 Å². The molecule has 2 aliphatic rings. The van der Waals surface area contributed by atoms with E-state index in [2.05, 4.69) is 21.3 Å². The molecule has 132 valence electrons. The third-order valence-corrected chi connectivity index (χ3v) is 5.46. The number of rotatable bonds is 4. The first-order valence-electron chi connectivity index (χ1n) is 8.59. The molecule has 2 aliphatic heterocycles. The molecule has 1 amide bonds. The number of amides is 1. The van der Waals surface area contributed by atoms with E-state index in [-0.39, 0.29) is 17.2 Å². The fourth-order valence-electron chi connectivity index (χ4n) is 4.19. The Bertz CT molecular complexity index is 599. The molecule has 1 N–H and O–H groups in total. The number of nitrogens with zero attached hydrogens (tertiary/aromatic N) is 2. The maximum Gasteiger partial charge on any atom is 0.224 e. The van der Waals surface area contributed by atoms with E-state index >= 15 is 0 Å². The number of carbonyl (C=O) groups excluding carboxylic acids is 1. The Kier molecular flexibility index (Phi) is 5.06. The van der Waals surface area contributed by atoms with E-state index in [4.69, 9.17) is 9.47 Å². The Balaban J connectivity index is 1.75. The lowest BCUT2D eigenvalue weighted by atomic mass is 9.72. The van der Waals surface area contributed by atoms with E-state index in [0.29, 0.717) is 5.88 Å². The number of pyridine rings is 1. The minimum Gasteiger partial charge on any atom is -0.481 e. The van der Waals surface area contributed by atoms with Gasteiger partial charge < -0.3 is 14.8 Å².